The molecule has 0 saturated heterocycles. The van der Waals surface area contributed by atoms with Gasteiger partial charge in [0.25, 0.3) is 0 Å². The first-order valence-corrected chi connectivity index (χ1v) is 7.69. The van der Waals surface area contributed by atoms with E-state index in [9.17, 15) is 0 Å². The highest BCUT2D eigenvalue weighted by Crippen LogP contribution is 2.22. The van der Waals surface area contributed by atoms with Crippen LogP contribution in [0.3, 0.4) is 0 Å². The Morgan fingerprint density at radius 3 is 2.95 bits per heavy atom. The van der Waals surface area contributed by atoms with Gasteiger partial charge in [-0.25, -0.2) is 0 Å². The van der Waals surface area contributed by atoms with Gasteiger partial charge in [-0.15, -0.1) is 11.3 Å². The van der Waals surface area contributed by atoms with Crippen LogP contribution in [0.2, 0.25) is 5.02 Å². The molecule has 1 aromatic heterocycles. The summed E-state index contributed by atoms with van der Waals surface area (Å²) in [5.41, 5.74) is 1.13. The molecule has 0 amide bonds. The van der Waals surface area contributed by atoms with E-state index < -0.39 is 0 Å². The summed E-state index contributed by atoms with van der Waals surface area (Å²) in [7, 11) is 0. The van der Waals surface area contributed by atoms with Gasteiger partial charge in [0.05, 0.1) is 0 Å². The molecule has 0 radical (unpaired) electrons. The van der Waals surface area contributed by atoms with Crippen LogP contribution in [0.25, 0.3) is 0 Å². The molecule has 0 saturated carbocycles. The molecular formula is C15H18ClNOS. The third-order valence-electron chi connectivity index (χ3n) is 2.82. The summed E-state index contributed by atoms with van der Waals surface area (Å²) in [6, 6.07) is 10.0. The average molecular weight is 296 g/mol. The summed E-state index contributed by atoms with van der Waals surface area (Å²) in [6.07, 6.45) is 0.923. The molecule has 0 unspecified atom stereocenters. The molecule has 102 valence electrons. The van der Waals surface area contributed by atoms with E-state index in [2.05, 4.69) is 29.8 Å². The summed E-state index contributed by atoms with van der Waals surface area (Å²) in [6.45, 7) is 4.49. The van der Waals surface area contributed by atoms with Crippen molar-refractivity contribution in [3.63, 3.8) is 0 Å². The van der Waals surface area contributed by atoms with E-state index in [1.807, 2.05) is 18.2 Å². The number of aryl methyl sites for hydroxylation is 1. The number of halogens is 1. The number of hydrogen-bond acceptors (Lipinski definition) is 3. The minimum Gasteiger partial charge on any atom is -0.492 e. The van der Waals surface area contributed by atoms with E-state index in [1.165, 1.54) is 4.88 Å². The number of rotatable bonds is 7. The van der Waals surface area contributed by atoms with Crippen LogP contribution < -0.4 is 10.1 Å². The fourth-order valence-corrected chi connectivity index (χ4v) is 2.70. The normalized spacial score (nSPS) is 10.6. The lowest BCUT2D eigenvalue weighted by Crippen LogP contribution is -2.20. The summed E-state index contributed by atoms with van der Waals surface area (Å²) >= 11 is 7.84. The molecule has 0 aliphatic rings. The van der Waals surface area contributed by atoms with Gasteiger partial charge in [0.15, 0.2) is 0 Å². The molecule has 2 nitrogen and oxygen atoms in total. The molecule has 0 bridgehead atoms. The lowest BCUT2D eigenvalue weighted by molar-refractivity contribution is 0.313. The monoisotopic (exact) mass is 295 g/mol. The van der Waals surface area contributed by atoms with E-state index in [0.717, 1.165) is 35.8 Å². The van der Waals surface area contributed by atoms with Crippen molar-refractivity contribution in [3.8, 4) is 5.75 Å². The Bertz CT molecular complexity index is 499. The van der Waals surface area contributed by atoms with Crippen molar-refractivity contribution in [1.29, 1.82) is 0 Å². The van der Waals surface area contributed by atoms with Gasteiger partial charge in [-0.3, -0.25) is 0 Å². The number of benzene rings is 1. The first kappa shape index (κ1) is 14.4. The summed E-state index contributed by atoms with van der Waals surface area (Å²) in [5.74, 6) is 0.888. The second-order valence-corrected chi connectivity index (χ2v) is 5.65. The summed E-state index contributed by atoms with van der Waals surface area (Å²) in [5, 5.41) is 6.26. The van der Waals surface area contributed by atoms with Gasteiger partial charge in [0.1, 0.15) is 12.4 Å². The van der Waals surface area contributed by atoms with E-state index in [0.29, 0.717) is 6.61 Å². The van der Waals surface area contributed by atoms with Gasteiger partial charge in [0.2, 0.25) is 0 Å². The zero-order valence-corrected chi connectivity index (χ0v) is 12.6. The molecule has 0 spiro atoms. The quantitative estimate of drug-likeness (QED) is 0.776. The second kappa shape index (κ2) is 7.53. The van der Waals surface area contributed by atoms with Gasteiger partial charge in [-0.05, 0) is 41.6 Å². The van der Waals surface area contributed by atoms with Crippen molar-refractivity contribution < 1.29 is 4.74 Å². The van der Waals surface area contributed by atoms with E-state index >= 15 is 0 Å². The maximum absolute atomic E-state index is 6.07. The predicted octanol–water partition coefficient (Wildman–Crippen LogP) is 4.13. The van der Waals surface area contributed by atoms with Crippen molar-refractivity contribution >= 4 is 22.9 Å². The zero-order chi connectivity index (χ0) is 13.5. The van der Waals surface area contributed by atoms with Crippen molar-refractivity contribution in [1.82, 2.24) is 5.32 Å². The van der Waals surface area contributed by atoms with Gasteiger partial charge in [0, 0.05) is 23.0 Å². The lowest BCUT2D eigenvalue weighted by atomic mass is 10.1. The molecule has 0 atom stereocenters. The Balaban J connectivity index is 1.70. The Morgan fingerprint density at radius 2 is 2.21 bits per heavy atom. The molecular weight excluding hydrogens is 278 g/mol. The van der Waals surface area contributed by atoms with Gasteiger partial charge in [-0.2, -0.15) is 0 Å². The Hall–Kier alpha value is -1.03. The van der Waals surface area contributed by atoms with E-state index in [4.69, 9.17) is 16.3 Å². The molecule has 2 aromatic rings. The Morgan fingerprint density at radius 1 is 1.32 bits per heavy atom. The third-order valence-corrected chi connectivity index (χ3v) is 4.07. The minimum absolute atomic E-state index is 0.663. The predicted molar refractivity (Wildman–Crippen MR) is 82.4 cm³/mol. The van der Waals surface area contributed by atoms with Crippen molar-refractivity contribution in [2.45, 2.75) is 19.9 Å². The van der Waals surface area contributed by atoms with E-state index in [1.54, 1.807) is 11.3 Å². The molecule has 19 heavy (non-hydrogen) atoms. The van der Waals surface area contributed by atoms with Crippen molar-refractivity contribution in [2.24, 2.45) is 0 Å². The van der Waals surface area contributed by atoms with Crippen LogP contribution in [-0.2, 0) is 13.0 Å². The number of ether oxygens (including phenoxy) is 1. The maximum Gasteiger partial charge on any atom is 0.119 e. The van der Waals surface area contributed by atoms with Crippen molar-refractivity contribution in [2.75, 3.05) is 13.2 Å². The molecule has 2 rings (SSSR count). The lowest BCUT2D eigenvalue weighted by Gasteiger charge is -2.09. The molecule has 1 N–H and O–H groups in total. The summed E-state index contributed by atoms with van der Waals surface area (Å²) < 4.78 is 5.71. The van der Waals surface area contributed by atoms with Crippen LogP contribution in [0.15, 0.2) is 35.7 Å². The van der Waals surface area contributed by atoms with Crippen molar-refractivity contribution in [3.05, 3.63) is 51.2 Å². The zero-order valence-electron chi connectivity index (χ0n) is 11.0. The molecule has 4 heteroatoms. The SMILES string of the molecule is CCc1cc(OCCNCc2cccs2)ccc1Cl. The van der Waals surface area contributed by atoms with Crippen LogP contribution in [0, 0.1) is 0 Å². The second-order valence-electron chi connectivity index (χ2n) is 4.21. The average Bonchev–Trinajstić information content (AvgIpc) is 2.93. The minimum atomic E-state index is 0.663. The Kier molecular flexibility index (Phi) is 5.70. The number of nitrogens with one attached hydrogen (secondary N) is 1. The molecule has 0 aliphatic carbocycles. The smallest absolute Gasteiger partial charge is 0.119 e. The van der Waals surface area contributed by atoms with Gasteiger partial charge in [-0.1, -0.05) is 24.6 Å². The van der Waals surface area contributed by atoms with Gasteiger partial charge < -0.3 is 10.1 Å². The first-order chi connectivity index (χ1) is 9.29. The van der Waals surface area contributed by atoms with Crippen LogP contribution in [-0.4, -0.2) is 13.2 Å². The number of hydrogen-bond donors (Lipinski definition) is 1. The third kappa shape index (κ3) is 4.53. The van der Waals surface area contributed by atoms with Crippen LogP contribution in [0.1, 0.15) is 17.4 Å². The largest absolute Gasteiger partial charge is 0.492 e. The topological polar surface area (TPSA) is 21.3 Å². The highest BCUT2D eigenvalue weighted by Gasteiger charge is 2.01. The van der Waals surface area contributed by atoms with E-state index in [-0.39, 0.29) is 0 Å². The van der Waals surface area contributed by atoms with Crippen LogP contribution in [0.5, 0.6) is 5.75 Å². The standard InChI is InChI=1S/C15H18ClNOS/c1-2-12-10-13(5-6-15(12)16)18-8-7-17-11-14-4-3-9-19-14/h3-6,9-10,17H,2,7-8,11H2,1H3. The molecule has 1 aromatic carbocycles. The highest BCUT2D eigenvalue weighted by molar-refractivity contribution is 7.09. The first-order valence-electron chi connectivity index (χ1n) is 6.44. The maximum atomic E-state index is 6.07. The van der Waals surface area contributed by atoms with Crippen LogP contribution in [0.4, 0.5) is 0 Å². The highest BCUT2D eigenvalue weighted by atomic mass is 35.5. The van der Waals surface area contributed by atoms with Gasteiger partial charge >= 0.3 is 0 Å². The Labute approximate surface area is 123 Å². The molecule has 0 fully saturated rings. The fraction of sp³-hybridized carbons (Fsp3) is 0.333. The molecule has 0 aliphatic heterocycles. The fourth-order valence-electron chi connectivity index (χ4n) is 1.78. The van der Waals surface area contributed by atoms with Crippen LogP contribution >= 0.6 is 22.9 Å². The summed E-state index contributed by atoms with van der Waals surface area (Å²) in [4.78, 5) is 1.35. The molecule has 1 heterocycles. The number of thiophene rings is 1.